The summed E-state index contributed by atoms with van der Waals surface area (Å²) in [4.78, 5) is 12.8. The Bertz CT molecular complexity index is 813. The van der Waals surface area contributed by atoms with Crippen molar-refractivity contribution >= 4 is 29.1 Å². The number of halogens is 2. The fourth-order valence-corrected chi connectivity index (χ4v) is 4.34. The molecule has 0 spiro atoms. The number of nitrogens with zero attached hydrogens (tertiary/aromatic N) is 2. The standard InChI is InChI=1S/C19H23Cl2N3O2/c1-11-6-7-13(20)17(21)16(11)18(19(3)8-4-5-9-19)22-15(25)10-14-12(2)23-26-24-14/h6-7,18H,4-5,8-10H2,1-3H3,(H,22,25). The molecule has 1 heterocycles. The first kappa shape index (κ1) is 19.2. The van der Waals surface area contributed by atoms with Gasteiger partial charge >= 0.3 is 0 Å². The van der Waals surface area contributed by atoms with Gasteiger partial charge in [-0.2, -0.15) is 0 Å². The third kappa shape index (κ3) is 3.74. The Balaban J connectivity index is 1.94. The second-order valence-electron chi connectivity index (χ2n) is 7.43. The number of carbonyl (C=O) groups excluding carboxylic acids is 1. The van der Waals surface area contributed by atoms with Gasteiger partial charge in [0.15, 0.2) is 0 Å². The van der Waals surface area contributed by atoms with Crippen LogP contribution in [0.15, 0.2) is 16.8 Å². The van der Waals surface area contributed by atoms with Gasteiger partial charge in [-0.1, -0.05) is 59.3 Å². The zero-order valence-electron chi connectivity index (χ0n) is 15.2. The predicted molar refractivity (Wildman–Crippen MR) is 101 cm³/mol. The first-order chi connectivity index (χ1) is 12.3. The molecule has 1 aromatic heterocycles. The average Bonchev–Trinajstić information content (AvgIpc) is 3.20. The summed E-state index contributed by atoms with van der Waals surface area (Å²) in [5, 5.41) is 11.8. The van der Waals surface area contributed by atoms with Crippen molar-refractivity contribution in [2.75, 3.05) is 0 Å². The maximum atomic E-state index is 12.8. The van der Waals surface area contributed by atoms with Gasteiger partial charge in [-0.3, -0.25) is 4.79 Å². The Hall–Kier alpha value is -1.59. The summed E-state index contributed by atoms with van der Waals surface area (Å²) in [6, 6.07) is 3.54. The molecule has 1 aliphatic rings. The summed E-state index contributed by atoms with van der Waals surface area (Å²) in [7, 11) is 0. The summed E-state index contributed by atoms with van der Waals surface area (Å²) >= 11 is 12.8. The van der Waals surface area contributed by atoms with E-state index in [1.807, 2.05) is 13.0 Å². The van der Waals surface area contributed by atoms with Crippen molar-refractivity contribution in [1.29, 1.82) is 0 Å². The number of rotatable bonds is 5. The van der Waals surface area contributed by atoms with Gasteiger partial charge in [0, 0.05) is 0 Å². The zero-order valence-corrected chi connectivity index (χ0v) is 16.7. The highest BCUT2D eigenvalue weighted by Gasteiger charge is 2.40. The minimum absolute atomic E-state index is 0.0636. The molecule has 0 radical (unpaired) electrons. The van der Waals surface area contributed by atoms with Gasteiger partial charge in [0.1, 0.15) is 11.4 Å². The number of hydrogen-bond acceptors (Lipinski definition) is 4. The molecule has 1 fully saturated rings. The zero-order chi connectivity index (χ0) is 18.9. The lowest BCUT2D eigenvalue weighted by Crippen LogP contribution is -2.39. The van der Waals surface area contributed by atoms with Crippen molar-refractivity contribution in [1.82, 2.24) is 15.6 Å². The van der Waals surface area contributed by atoms with Crippen molar-refractivity contribution in [2.24, 2.45) is 5.41 Å². The van der Waals surface area contributed by atoms with E-state index in [1.54, 1.807) is 13.0 Å². The SMILES string of the molecule is Cc1ccc(Cl)c(Cl)c1C(NC(=O)Cc1nonc1C)C1(C)CCCC1. The van der Waals surface area contributed by atoms with Crippen LogP contribution >= 0.6 is 23.2 Å². The minimum Gasteiger partial charge on any atom is -0.348 e. The molecule has 1 atom stereocenters. The number of aryl methyl sites for hydroxylation is 2. The van der Waals surface area contributed by atoms with Gasteiger partial charge in [0.25, 0.3) is 0 Å². The highest BCUT2D eigenvalue weighted by atomic mass is 35.5. The van der Waals surface area contributed by atoms with Crippen LogP contribution in [-0.2, 0) is 11.2 Å². The third-order valence-electron chi connectivity index (χ3n) is 5.46. The first-order valence-corrected chi connectivity index (χ1v) is 9.59. The van der Waals surface area contributed by atoms with Gasteiger partial charge in [0.05, 0.1) is 22.5 Å². The van der Waals surface area contributed by atoms with Crippen LogP contribution < -0.4 is 5.32 Å². The summed E-state index contributed by atoms with van der Waals surface area (Å²) in [6.07, 6.45) is 4.48. The van der Waals surface area contributed by atoms with E-state index >= 15 is 0 Å². The van der Waals surface area contributed by atoms with Gasteiger partial charge in [0.2, 0.25) is 5.91 Å². The number of aromatic nitrogens is 2. The number of amides is 1. The highest BCUT2D eigenvalue weighted by Crippen LogP contribution is 2.50. The molecular formula is C19H23Cl2N3O2. The summed E-state index contributed by atoms with van der Waals surface area (Å²) in [6.45, 7) is 5.98. The molecule has 2 aromatic rings. The lowest BCUT2D eigenvalue weighted by Gasteiger charge is -2.36. The Labute approximate surface area is 163 Å². The molecule has 1 amide bonds. The minimum atomic E-state index is -0.205. The van der Waals surface area contributed by atoms with Crippen molar-refractivity contribution < 1.29 is 9.42 Å². The van der Waals surface area contributed by atoms with E-state index in [9.17, 15) is 4.79 Å². The lowest BCUT2D eigenvalue weighted by molar-refractivity contribution is -0.122. The van der Waals surface area contributed by atoms with Crippen LogP contribution in [0.3, 0.4) is 0 Å². The fraction of sp³-hybridized carbons (Fsp3) is 0.526. The van der Waals surface area contributed by atoms with Crippen molar-refractivity contribution in [3.8, 4) is 0 Å². The van der Waals surface area contributed by atoms with Crippen LogP contribution in [0.1, 0.15) is 61.2 Å². The van der Waals surface area contributed by atoms with E-state index in [-0.39, 0.29) is 23.8 Å². The van der Waals surface area contributed by atoms with Crippen molar-refractivity contribution in [3.05, 3.63) is 44.7 Å². The van der Waals surface area contributed by atoms with Crippen LogP contribution in [-0.4, -0.2) is 16.2 Å². The maximum Gasteiger partial charge on any atom is 0.226 e. The molecule has 3 rings (SSSR count). The van der Waals surface area contributed by atoms with Crippen LogP contribution in [0.25, 0.3) is 0 Å². The van der Waals surface area contributed by atoms with Gasteiger partial charge in [-0.05, 0) is 49.3 Å². The molecule has 140 valence electrons. The maximum absolute atomic E-state index is 12.8. The molecule has 1 unspecified atom stereocenters. The molecule has 0 bridgehead atoms. The summed E-state index contributed by atoms with van der Waals surface area (Å²) in [5.74, 6) is -0.127. The lowest BCUT2D eigenvalue weighted by atomic mass is 9.76. The molecule has 7 heteroatoms. The number of nitrogens with one attached hydrogen (secondary N) is 1. The second-order valence-corrected chi connectivity index (χ2v) is 8.21. The normalized spacial score (nSPS) is 17.3. The van der Waals surface area contributed by atoms with E-state index in [0.717, 1.165) is 36.8 Å². The Kier molecular flexibility index (Phi) is 5.58. The molecule has 1 saturated carbocycles. The Morgan fingerprint density at radius 3 is 2.58 bits per heavy atom. The molecular weight excluding hydrogens is 373 g/mol. The first-order valence-electron chi connectivity index (χ1n) is 8.84. The van der Waals surface area contributed by atoms with Gasteiger partial charge in [-0.15, -0.1) is 0 Å². The van der Waals surface area contributed by atoms with E-state index in [0.29, 0.717) is 21.4 Å². The second kappa shape index (κ2) is 7.57. The van der Waals surface area contributed by atoms with Crippen LogP contribution in [0.5, 0.6) is 0 Å². The average molecular weight is 396 g/mol. The van der Waals surface area contributed by atoms with Crippen molar-refractivity contribution in [2.45, 2.75) is 58.9 Å². The summed E-state index contributed by atoms with van der Waals surface area (Å²) in [5.41, 5.74) is 3.04. The molecule has 1 aliphatic carbocycles. The van der Waals surface area contributed by atoms with Crippen LogP contribution in [0.2, 0.25) is 10.0 Å². The fourth-order valence-electron chi connectivity index (χ4n) is 3.86. The quantitative estimate of drug-likeness (QED) is 0.775. The molecule has 0 aliphatic heterocycles. The van der Waals surface area contributed by atoms with E-state index < -0.39 is 0 Å². The Morgan fingerprint density at radius 2 is 1.96 bits per heavy atom. The van der Waals surface area contributed by atoms with E-state index in [2.05, 4.69) is 22.6 Å². The van der Waals surface area contributed by atoms with Gasteiger partial charge in [-0.25, -0.2) is 4.63 Å². The molecule has 0 saturated heterocycles. The third-order valence-corrected chi connectivity index (χ3v) is 6.28. The molecule has 1 N–H and O–H groups in total. The monoisotopic (exact) mass is 395 g/mol. The molecule has 5 nitrogen and oxygen atoms in total. The van der Waals surface area contributed by atoms with Crippen LogP contribution in [0.4, 0.5) is 0 Å². The summed E-state index contributed by atoms with van der Waals surface area (Å²) < 4.78 is 4.69. The number of hydrogen-bond donors (Lipinski definition) is 1. The van der Waals surface area contributed by atoms with E-state index in [1.165, 1.54) is 0 Å². The Morgan fingerprint density at radius 1 is 1.27 bits per heavy atom. The number of carbonyl (C=O) groups is 1. The molecule has 26 heavy (non-hydrogen) atoms. The van der Waals surface area contributed by atoms with Crippen LogP contribution in [0, 0.1) is 19.3 Å². The topological polar surface area (TPSA) is 68.0 Å². The smallest absolute Gasteiger partial charge is 0.226 e. The van der Waals surface area contributed by atoms with E-state index in [4.69, 9.17) is 27.8 Å². The van der Waals surface area contributed by atoms with Crippen molar-refractivity contribution in [3.63, 3.8) is 0 Å². The number of benzene rings is 1. The largest absolute Gasteiger partial charge is 0.348 e. The highest BCUT2D eigenvalue weighted by molar-refractivity contribution is 6.42. The van der Waals surface area contributed by atoms with Gasteiger partial charge < -0.3 is 5.32 Å². The molecule has 1 aromatic carbocycles. The predicted octanol–water partition coefficient (Wildman–Crippen LogP) is 4.97.